The number of rotatable bonds is 8. The summed E-state index contributed by atoms with van der Waals surface area (Å²) in [6.45, 7) is -0.253. The van der Waals surface area contributed by atoms with Gasteiger partial charge in [-0.3, -0.25) is 4.79 Å². The first kappa shape index (κ1) is 21.2. The summed E-state index contributed by atoms with van der Waals surface area (Å²) in [5, 5.41) is 11.5. The lowest BCUT2D eigenvalue weighted by molar-refractivity contribution is -0.142. The number of amides is 1. The normalized spacial score (nSPS) is 10.4. The van der Waals surface area contributed by atoms with E-state index in [2.05, 4.69) is 20.3 Å². The molecule has 0 aliphatic heterocycles. The van der Waals surface area contributed by atoms with Gasteiger partial charge in [-0.15, -0.1) is 10.2 Å². The first-order valence-corrected chi connectivity index (χ1v) is 9.62. The fourth-order valence-corrected chi connectivity index (χ4v) is 3.17. The number of carbonyl (C=O) groups is 2. The molecule has 0 atom stereocenters. The summed E-state index contributed by atoms with van der Waals surface area (Å²) in [5.74, 6) is -0.146. The third-order valence-electron chi connectivity index (χ3n) is 3.99. The second kappa shape index (κ2) is 9.79. The van der Waals surface area contributed by atoms with E-state index in [0.29, 0.717) is 22.7 Å². The van der Waals surface area contributed by atoms with Crippen molar-refractivity contribution in [3.8, 4) is 11.5 Å². The fourth-order valence-electron chi connectivity index (χ4n) is 2.40. The number of ether oxygens (including phenoxy) is 3. The minimum Gasteiger partial charge on any atom is -0.493 e. The summed E-state index contributed by atoms with van der Waals surface area (Å²) >= 11 is 1.47. The summed E-state index contributed by atoms with van der Waals surface area (Å²) < 4.78 is 17.0. The Morgan fingerprint density at radius 3 is 2.50 bits per heavy atom. The van der Waals surface area contributed by atoms with E-state index < -0.39 is 5.97 Å². The van der Waals surface area contributed by atoms with Crippen LogP contribution in [0.3, 0.4) is 0 Å². The van der Waals surface area contributed by atoms with Crippen LogP contribution in [0, 0.1) is 0 Å². The molecular formula is C20H20N4O5S. The van der Waals surface area contributed by atoms with Crippen molar-refractivity contribution in [2.45, 2.75) is 10.1 Å². The van der Waals surface area contributed by atoms with Crippen molar-refractivity contribution in [3.63, 3.8) is 0 Å². The summed E-state index contributed by atoms with van der Waals surface area (Å²) in [5.41, 5.74) is 1.03. The highest BCUT2D eigenvalue weighted by molar-refractivity contribution is 7.99. The van der Waals surface area contributed by atoms with Gasteiger partial charge in [-0.1, -0.05) is 0 Å². The molecule has 3 aromatic rings. The minimum atomic E-state index is -0.514. The molecule has 0 spiro atoms. The molecule has 2 aromatic carbocycles. The number of carbonyl (C=O) groups excluding carboxylic acids is 2. The van der Waals surface area contributed by atoms with Crippen LogP contribution in [0.5, 0.6) is 11.5 Å². The van der Waals surface area contributed by atoms with Crippen LogP contribution in [-0.4, -0.2) is 47.5 Å². The van der Waals surface area contributed by atoms with Crippen molar-refractivity contribution in [2.24, 2.45) is 7.05 Å². The molecule has 30 heavy (non-hydrogen) atoms. The molecule has 9 nitrogen and oxygen atoms in total. The van der Waals surface area contributed by atoms with Crippen LogP contribution in [0.25, 0.3) is 0 Å². The van der Waals surface area contributed by atoms with Crippen molar-refractivity contribution in [1.29, 1.82) is 0 Å². The smallest absolute Gasteiger partial charge is 0.343 e. The van der Waals surface area contributed by atoms with Crippen molar-refractivity contribution in [1.82, 2.24) is 14.8 Å². The van der Waals surface area contributed by atoms with E-state index in [9.17, 15) is 9.59 Å². The molecule has 0 aliphatic carbocycles. The number of esters is 1. The fraction of sp³-hybridized carbons (Fsp3) is 0.200. The van der Waals surface area contributed by atoms with Crippen LogP contribution in [0.15, 0.2) is 58.8 Å². The van der Waals surface area contributed by atoms with Gasteiger partial charge < -0.3 is 24.1 Å². The first-order chi connectivity index (χ1) is 14.5. The number of methoxy groups -OCH3 is 2. The summed E-state index contributed by atoms with van der Waals surface area (Å²) in [7, 11) is 4.60. The van der Waals surface area contributed by atoms with E-state index in [1.54, 1.807) is 24.5 Å². The minimum absolute atomic E-state index is 0.253. The van der Waals surface area contributed by atoms with Crippen molar-refractivity contribution in [3.05, 3.63) is 54.4 Å². The molecule has 1 heterocycles. The SMILES string of the molecule is COC(=O)COc1ccc(C(=O)Nc2ccc(Sc3nncn3C)cc2)cc1OC. The lowest BCUT2D eigenvalue weighted by Gasteiger charge is -2.12. The molecule has 1 N–H and O–H groups in total. The number of hydrogen-bond acceptors (Lipinski definition) is 8. The Kier molecular flexibility index (Phi) is 6.91. The third kappa shape index (κ3) is 5.29. The third-order valence-corrected chi connectivity index (χ3v) is 5.05. The monoisotopic (exact) mass is 428 g/mol. The van der Waals surface area contributed by atoms with E-state index in [-0.39, 0.29) is 12.5 Å². The lowest BCUT2D eigenvalue weighted by Crippen LogP contribution is -2.14. The number of benzene rings is 2. The molecule has 10 heteroatoms. The maximum atomic E-state index is 12.6. The second-order valence-corrected chi connectivity index (χ2v) is 7.08. The van der Waals surface area contributed by atoms with Gasteiger partial charge in [0.05, 0.1) is 14.2 Å². The van der Waals surface area contributed by atoms with Gasteiger partial charge >= 0.3 is 5.97 Å². The average molecular weight is 428 g/mol. The molecule has 156 valence electrons. The number of hydrogen-bond donors (Lipinski definition) is 1. The van der Waals surface area contributed by atoms with Crippen LogP contribution in [-0.2, 0) is 16.6 Å². The van der Waals surface area contributed by atoms with Gasteiger partial charge in [-0.25, -0.2) is 4.79 Å². The molecule has 0 unspecified atom stereocenters. The Morgan fingerprint density at radius 2 is 1.87 bits per heavy atom. The molecule has 0 bridgehead atoms. The standard InChI is InChI=1S/C20H20N4O5S/c1-24-12-21-23-20(24)30-15-7-5-14(6-8-15)22-19(26)13-4-9-16(17(10-13)27-2)29-11-18(25)28-3/h4-10,12H,11H2,1-3H3,(H,22,26). The zero-order chi connectivity index (χ0) is 21.5. The highest BCUT2D eigenvalue weighted by Crippen LogP contribution is 2.29. The molecule has 0 fully saturated rings. The Morgan fingerprint density at radius 1 is 1.10 bits per heavy atom. The van der Waals surface area contributed by atoms with E-state index in [0.717, 1.165) is 10.1 Å². The molecule has 0 aliphatic rings. The highest BCUT2D eigenvalue weighted by atomic mass is 32.2. The van der Waals surface area contributed by atoms with Crippen molar-refractivity contribution < 1.29 is 23.8 Å². The molecule has 0 saturated heterocycles. The summed E-state index contributed by atoms with van der Waals surface area (Å²) in [4.78, 5) is 24.8. The highest BCUT2D eigenvalue weighted by Gasteiger charge is 2.13. The predicted octanol–water partition coefficient (Wildman–Crippen LogP) is 2.78. The molecule has 3 rings (SSSR count). The van der Waals surface area contributed by atoms with E-state index in [4.69, 9.17) is 9.47 Å². The van der Waals surface area contributed by atoms with E-state index in [1.807, 2.05) is 35.9 Å². The Labute approximate surface area is 177 Å². The predicted molar refractivity (Wildman–Crippen MR) is 110 cm³/mol. The van der Waals surface area contributed by atoms with Gasteiger partial charge in [0.1, 0.15) is 6.33 Å². The lowest BCUT2D eigenvalue weighted by atomic mass is 10.2. The van der Waals surface area contributed by atoms with Crippen LogP contribution < -0.4 is 14.8 Å². The Bertz CT molecular complexity index is 1040. The van der Waals surface area contributed by atoms with Gasteiger partial charge in [0, 0.05) is 23.2 Å². The zero-order valence-corrected chi connectivity index (χ0v) is 17.4. The Balaban J connectivity index is 1.65. The molecule has 0 radical (unpaired) electrons. The van der Waals surface area contributed by atoms with Crippen LogP contribution in [0.1, 0.15) is 10.4 Å². The number of anilines is 1. The molecular weight excluding hydrogens is 408 g/mol. The van der Waals surface area contributed by atoms with Gasteiger partial charge in [-0.05, 0) is 54.2 Å². The van der Waals surface area contributed by atoms with E-state index >= 15 is 0 Å². The summed E-state index contributed by atoms with van der Waals surface area (Å²) in [6.07, 6.45) is 1.64. The zero-order valence-electron chi connectivity index (χ0n) is 16.6. The van der Waals surface area contributed by atoms with Gasteiger partial charge in [0.25, 0.3) is 5.91 Å². The largest absolute Gasteiger partial charge is 0.493 e. The van der Waals surface area contributed by atoms with Gasteiger partial charge in [0.15, 0.2) is 23.3 Å². The van der Waals surface area contributed by atoms with Crippen LogP contribution in [0.4, 0.5) is 5.69 Å². The van der Waals surface area contributed by atoms with Crippen molar-refractivity contribution >= 4 is 29.3 Å². The first-order valence-electron chi connectivity index (χ1n) is 8.81. The van der Waals surface area contributed by atoms with E-state index in [1.165, 1.54) is 26.0 Å². The number of aryl methyl sites for hydroxylation is 1. The maximum Gasteiger partial charge on any atom is 0.343 e. The quantitative estimate of drug-likeness (QED) is 0.546. The molecule has 1 amide bonds. The van der Waals surface area contributed by atoms with Crippen LogP contribution in [0.2, 0.25) is 0 Å². The number of nitrogens with zero attached hydrogens (tertiary/aromatic N) is 3. The maximum absolute atomic E-state index is 12.6. The topological polar surface area (TPSA) is 105 Å². The van der Waals surface area contributed by atoms with Crippen LogP contribution >= 0.6 is 11.8 Å². The van der Waals surface area contributed by atoms with Gasteiger partial charge in [0.2, 0.25) is 0 Å². The number of nitrogens with one attached hydrogen (secondary N) is 1. The number of aromatic nitrogens is 3. The average Bonchev–Trinajstić information content (AvgIpc) is 3.17. The molecule has 0 saturated carbocycles. The summed E-state index contributed by atoms with van der Waals surface area (Å²) in [6, 6.07) is 12.1. The Hall–Kier alpha value is -3.53. The van der Waals surface area contributed by atoms with Crippen molar-refractivity contribution in [2.75, 3.05) is 26.1 Å². The molecule has 1 aromatic heterocycles. The van der Waals surface area contributed by atoms with Gasteiger partial charge in [-0.2, -0.15) is 0 Å². The second-order valence-electron chi connectivity index (χ2n) is 6.04.